The van der Waals surface area contributed by atoms with Gasteiger partial charge in [0, 0.05) is 13.1 Å². The molecular formula is C26H28F3N. The van der Waals surface area contributed by atoms with Gasteiger partial charge in [0.2, 0.25) is 0 Å². The van der Waals surface area contributed by atoms with Crippen molar-refractivity contribution in [2.75, 3.05) is 13.1 Å². The molecule has 0 N–H and O–H groups in total. The smallest absolute Gasteiger partial charge is 0.298 e. The van der Waals surface area contributed by atoms with Crippen LogP contribution in [0.3, 0.4) is 0 Å². The van der Waals surface area contributed by atoms with Crippen LogP contribution in [0.1, 0.15) is 37.3 Å². The van der Waals surface area contributed by atoms with Crippen molar-refractivity contribution in [3.05, 3.63) is 83.5 Å². The molecule has 1 saturated heterocycles. The molecule has 1 heterocycles. The van der Waals surface area contributed by atoms with E-state index in [9.17, 15) is 13.2 Å². The largest absolute Gasteiger partial charge is 0.417 e. The number of piperidine rings is 1. The molecule has 4 heteroatoms. The highest BCUT2D eigenvalue weighted by Gasteiger charge is 2.33. The van der Waals surface area contributed by atoms with Gasteiger partial charge in [-0.25, -0.2) is 0 Å². The maximum absolute atomic E-state index is 13.3. The summed E-state index contributed by atoms with van der Waals surface area (Å²) in [4.78, 5) is 2.48. The van der Waals surface area contributed by atoms with Gasteiger partial charge in [0.25, 0.3) is 0 Å². The lowest BCUT2D eigenvalue weighted by molar-refractivity contribution is -0.137. The summed E-state index contributed by atoms with van der Waals surface area (Å²) in [5.74, 6) is 1.23. The fourth-order valence-electron chi connectivity index (χ4n) is 4.80. The van der Waals surface area contributed by atoms with Gasteiger partial charge >= 0.3 is 6.18 Å². The van der Waals surface area contributed by atoms with Crippen LogP contribution in [-0.4, -0.2) is 18.0 Å². The average Bonchev–Trinajstić information content (AvgIpc) is 2.74. The number of hydrogen-bond acceptors (Lipinski definition) is 1. The van der Waals surface area contributed by atoms with Crippen molar-refractivity contribution >= 4 is 0 Å². The highest BCUT2D eigenvalue weighted by molar-refractivity contribution is 5.68. The Bertz CT molecular complexity index is 924. The molecule has 0 bridgehead atoms. The van der Waals surface area contributed by atoms with E-state index in [0.29, 0.717) is 17.4 Å². The minimum atomic E-state index is -4.35. The number of allylic oxidation sites excluding steroid dienone is 3. The van der Waals surface area contributed by atoms with E-state index in [4.69, 9.17) is 0 Å². The van der Waals surface area contributed by atoms with Crippen LogP contribution in [0.25, 0.3) is 11.1 Å². The Morgan fingerprint density at radius 1 is 1.03 bits per heavy atom. The van der Waals surface area contributed by atoms with E-state index in [1.54, 1.807) is 17.7 Å². The van der Waals surface area contributed by atoms with Crippen molar-refractivity contribution in [2.45, 2.75) is 38.9 Å². The fourth-order valence-corrected chi connectivity index (χ4v) is 4.80. The van der Waals surface area contributed by atoms with E-state index in [2.05, 4.69) is 30.1 Å². The first-order valence-corrected chi connectivity index (χ1v) is 10.8. The van der Waals surface area contributed by atoms with Crippen molar-refractivity contribution in [3.8, 4) is 11.1 Å². The summed E-state index contributed by atoms with van der Waals surface area (Å²) in [6.07, 6.45) is 5.94. The molecule has 2 aromatic carbocycles. The van der Waals surface area contributed by atoms with Crippen LogP contribution < -0.4 is 0 Å². The SMILES string of the molecule is CC1CC=CC=C1C1CCCN(Cc2ccc(-c3ccccc3C(F)(F)F)cc2)C1. The van der Waals surface area contributed by atoms with Crippen LogP contribution in [-0.2, 0) is 12.7 Å². The van der Waals surface area contributed by atoms with Gasteiger partial charge in [0.1, 0.15) is 0 Å². The molecule has 0 radical (unpaired) electrons. The summed E-state index contributed by atoms with van der Waals surface area (Å²) in [5.41, 5.74) is 2.98. The van der Waals surface area contributed by atoms with Gasteiger partial charge in [-0.15, -0.1) is 0 Å². The van der Waals surface area contributed by atoms with Gasteiger partial charge in [-0.2, -0.15) is 13.2 Å². The second-order valence-electron chi connectivity index (χ2n) is 8.55. The number of likely N-dealkylation sites (tertiary alicyclic amines) is 1. The Balaban J connectivity index is 1.46. The molecule has 2 aliphatic rings. The van der Waals surface area contributed by atoms with Crippen LogP contribution >= 0.6 is 0 Å². The number of nitrogens with zero attached hydrogens (tertiary/aromatic N) is 1. The zero-order valence-electron chi connectivity index (χ0n) is 17.3. The summed E-state index contributed by atoms with van der Waals surface area (Å²) >= 11 is 0. The van der Waals surface area contributed by atoms with Crippen LogP contribution in [0.4, 0.5) is 13.2 Å². The minimum Gasteiger partial charge on any atom is -0.298 e. The Labute approximate surface area is 176 Å². The van der Waals surface area contributed by atoms with Crippen molar-refractivity contribution in [1.29, 1.82) is 0 Å². The van der Waals surface area contributed by atoms with E-state index < -0.39 is 11.7 Å². The Morgan fingerprint density at radius 2 is 1.80 bits per heavy atom. The lowest BCUT2D eigenvalue weighted by Gasteiger charge is -2.36. The molecule has 0 saturated carbocycles. The summed E-state index contributed by atoms with van der Waals surface area (Å²) in [6, 6.07) is 13.4. The van der Waals surface area contributed by atoms with E-state index >= 15 is 0 Å². The highest BCUT2D eigenvalue weighted by atomic mass is 19.4. The van der Waals surface area contributed by atoms with E-state index in [-0.39, 0.29) is 5.56 Å². The average molecular weight is 412 g/mol. The standard InChI is InChI=1S/C26H28F3N/c1-19-7-2-3-9-23(19)22-8-6-16-30(18-22)17-20-12-14-21(15-13-20)24-10-4-5-11-25(24)26(27,28)29/h2-5,9-15,19,22H,6-8,16-18H2,1H3. The molecule has 2 unspecified atom stereocenters. The molecule has 4 rings (SSSR count). The first kappa shape index (κ1) is 20.9. The maximum atomic E-state index is 13.3. The Hall–Kier alpha value is -2.33. The number of rotatable bonds is 4. The third-order valence-corrected chi connectivity index (χ3v) is 6.36. The van der Waals surface area contributed by atoms with Gasteiger partial charge < -0.3 is 0 Å². The van der Waals surface area contributed by atoms with Crippen molar-refractivity contribution < 1.29 is 13.2 Å². The van der Waals surface area contributed by atoms with E-state index in [0.717, 1.165) is 37.7 Å². The lowest BCUT2D eigenvalue weighted by Crippen LogP contribution is -2.36. The third kappa shape index (κ3) is 4.70. The molecule has 1 nitrogen and oxygen atoms in total. The van der Waals surface area contributed by atoms with E-state index in [1.165, 1.54) is 18.9 Å². The van der Waals surface area contributed by atoms with Crippen molar-refractivity contribution in [1.82, 2.24) is 4.90 Å². The fraction of sp³-hybridized carbons (Fsp3) is 0.385. The lowest BCUT2D eigenvalue weighted by atomic mass is 9.80. The second-order valence-corrected chi connectivity index (χ2v) is 8.55. The molecule has 1 aliphatic carbocycles. The van der Waals surface area contributed by atoms with Gasteiger partial charge in [-0.3, -0.25) is 4.90 Å². The van der Waals surface area contributed by atoms with Crippen LogP contribution in [0.15, 0.2) is 72.3 Å². The molecule has 1 fully saturated rings. The number of benzene rings is 2. The molecule has 30 heavy (non-hydrogen) atoms. The monoisotopic (exact) mass is 411 g/mol. The number of hydrogen-bond donors (Lipinski definition) is 0. The minimum absolute atomic E-state index is 0.237. The molecule has 0 aromatic heterocycles. The molecule has 1 aliphatic heterocycles. The molecular weight excluding hydrogens is 383 g/mol. The molecule has 0 amide bonds. The predicted molar refractivity (Wildman–Crippen MR) is 116 cm³/mol. The van der Waals surface area contributed by atoms with Crippen LogP contribution in [0.2, 0.25) is 0 Å². The maximum Gasteiger partial charge on any atom is 0.417 e. The zero-order valence-corrected chi connectivity index (χ0v) is 17.3. The zero-order chi connectivity index (χ0) is 21.1. The molecule has 0 spiro atoms. The van der Waals surface area contributed by atoms with Gasteiger partial charge in [-0.1, -0.05) is 73.2 Å². The topological polar surface area (TPSA) is 3.24 Å². The quantitative estimate of drug-likeness (QED) is 0.518. The van der Waals surface area contributed by atoms with Gasteiger partial charge in [0.05, 0.1) is 5.56 Å². The summed E-state index contributed by atoms with van der Waals surface area (Å²) < 4.78 is 40.0. The summed E-state index contributed by atoms with van der Waals surface area (Å²) in [7, 11) is 0. The van der Waals surface area contributed by atoms with Gasteiger partial charge in [-0.05, 0) is 60.4 Å². The normalized spacial score (nSPS) is 22.7. The third-order valence-electron chi connectivity index (χ3n) is 6.36. The van der Waals surface area contributed by atoms with Crippen LogP contribution in [0, 0.1) is 11.8 Å². The predicted octanol–water partition coefficient (Wildman–Crippen LogP) is 7.11. The molecule has 2 atom stereocenters. The molecule has 158 valence electrons. The first-order chi connectivity index (χ1) is 14.4. The number of alkyl halides is 3. The Morgan fingerprint density at radius 3 is 2.53 bits per heavy atom. The summed E-state index contributed by atoms with van der Waals surface area (Å²) in [5, 5.41) is 0. The van der Waals surface area contributed by atoms with Crippen LogP contribution in [0.5, 0.6) is 0 Å². The second kappa shape index (κ2) is 8.81. The number of halogens is 3. The van der Waals surface area contributed by atoms with Crippen molar-refractivity contribution in [3.63, 3.8) is 0 Å². The molecule has 2 aromatic rings. The summed E-state index contributed by atoms with van der Waals surface area (Å²) in [6.45, 7) is 5.29. The van der Waals surface area contributed by atoms with E-state index in [1.807, 2.05) is 24.3 Å². The van der Waals surface area contributed by atoms with Gasteiger partial charge in [0.15, 0.2) is 0 Å². The first-order valence-electron chi connectivity index (χ1n) is 10.8. The Kier molecular flexibility index (Phi) is 6.14. The highest BCUT2D eigenvalue weighted by Crippen LogP contribution is 2.37. The van der Waals surface area contributed by atoms with Crippen molar-refractivity contribution in [2.24, 2.45) is 11.8 Å².